The topological polar surface area (TPSA) is 66.5 Å². The lowest BCUT2D eigenvalue weighted by molar-refractivity contribution is -0.127. The van der Waals surface area contributed by atoms with Crippen molar-refractivity contribution in [2.45, 2.75) is 47.9 Å². The molecule has 0 radical (unpaired) electrons. The minimum atomic E-state index is -3.51. The van der Waals surface area contributed by atoms with Gasteiger partial charge >= 0.3 is 0 Å². The second-order valence-electron chi connectivity index (χ2n) is 8.01. The summed E-state index contributed by atoms with van der Waals surface area (Å²) in [6, 6.07) is 15.4. The van der Waals surface area contributed by atoms with Crippen LogP contribution in [0.2, 0.25) is 0 Å². The standard InChI is InChI=1S/C23H28N2O3S2/c1-29-19-9-11-20(12-10-19)30(27,28)25-15-13-18(14-16-25)23(26)24-22-8-4-6-17-5-2-3-7-21(17)22/h2-3,5,7,9-12,18,22H,4,6,8,13-16H2,1H3,(H,24,26)/t22-/m1/s1. The Morgan fingerprint density at radius 2 is 1.73 bits per heavy atom. The van der Waals surface area contributed by atoms with Crippen LogP contribution in [0.1, 0.15) is 42.9 Å². The van der Waals surface area contributed by atoms with Crippen molar-refractivity contribution >= 4 is 27.7 Å². The predicted octanol–water partition coefficient (Wildman–Crippen LogP) is 4.00. The average molecular weight is 445 g/mol. The summed E-state index contributed by atoms with van der Waals surface area (Å²) >= 11 is 1.58. The maximum atomic E-state index is 12.9. The van der Waals surface area contributed by atoms with Gasteiger partial charge in [0.25, 0.3) is 0 Å². The second-order valence-corrected chi connectivity index (χ2v) is 10.8. The first-order chi connectivity index (χ1) is 14.5. The van der Waals surface area contributed by atoms with Crippen molar-refractivity contribution < 1.29 is 13.2 Å². The first-order valence-electron chi connectivity index (χ1n) is 10.5. The lowest BCUT2D eigenvalue weighted by Gasteiger charge is -2.32. The fraction of sp³-hybridized carbons (Fsp3) is 0.435. The van der Waals surface area contributed by atoms with Crippen LogP contribution in [0.3, 0.4) is 0 Å². The summed E-state index contributed by atoms with van der Waals surface area (Å²) in [6.45, 7) is 0.762. The van der Waals surface area contributed by atoms with E-state index < -0.39 is 10.0 Å². The molecule has 0 unspecified atom stereocenters. The second kappa shape index (κ2) is 9.12. The van der Waals surface area contributed by atoms with Gasteiger partial charge in [-0.15, -0.1) is 11.8 Å². The number of hydrogen-bond donors (Lipinski definition) is 1. The van der Waals surface area contributed by atoms with Crippen LogP contribution in [0, 0.1) is 5.92 Å². The van der Waals surface area contributed by atoms with Gasteiger partial charge in [-0.05, 0) is 73.8 Å². The van der Waals surface area contributed by atoms with Crippen molar-refractivity contribution in [3.8, 4) is 0 Å². The number of nitrogens with zero attached hydrogens (tertiary/aromatic N) is 1. The number of piperidine rings is 1. The molecule has 0 saturated carbocycles. The zero-order valence-corrected chi connectivity index (χ0v) is 18.8. The number of hydrogen-bond acceptors (Lipinski definition) is 4. The van der Waals surface area contributed by atoms with E-state index in [1.807, 2.05) is 30.5 Å². The minimum Gasteiger partial charge on any atom is -0.349 e. The lowest BCUT2D eigenvalue weighted by atomic mass is 9.87. The molecule has 2 aliphatic rings. The smallest absolute Gasteiger partial charge is 0.243 e. The molecule has 0 bridgehead atoms. The Morgan fingerprint density at radius 1 is 1.03 bits per heavy atom. The van der Waals surface area contributed by atoms with E-state index in [-0.39, 0.29) is 17.9 Å². The third-order valence-corrected chi connectivity index (χ3v) is 8.86. The van der Waals surface area contributed by atoms with Gasteiger partial charge in [0.1, 0.15) is 0 Å². The largest absolute Gasteiger partial charge is 0.349 e. The van der Waals surface area contributed by atoms with Gasteiger partial charge in [0.05, 0.1) is 10.9 Å². The molecule has 160 valence electrons. The minimum absolute atomic E-state index is 0.0538. The highest BCUT2D eigenvalue weighted by atomic mass is 32.2. The quantitative estimate of drug-likeness (QED) is 0.708. The zero-order valence-electron chi connectivity index (χ0n) is 17.2. The van der Waals surface area contributed by atoms with Crippen molar-refractivity contribution in [2.24, 2.45) is 5.92 Å². The van der Waals surface area contributed by atoms with Crippen LogP contribution in [0.15, 0.2) is 58.3 Å². The monoisotopic (exact) mass is 444 g/mol. The van der Waals surface area contributed by atoms with E-state index in [4.69, 9.17) is 0 Å². The zero-order chi connectivity index (χ0) is 21.1. The molecule has 0 spiro atoms. The Kier molecular flexibility index (Phi) is 6.51. The maximum Gasteiger partial charge on any atom is 0.243 e. The summed E-state index contributed by atoms with van der Waals surface area (Å²) in [5.74, 6) is -0.0810. The van der Waals surface area contributed by atoms with Crippen molar-refractivity contribution in [2.75, 3.05) is 19.3 Å². The summed E-state index contributed by atoms with van der Waals surface area (Å²) in [7, 11) is -3.51. The molecule has 2 aromatic carbocycles. The fourth-order valence-electron chi connectivity index (χ4n) is 4.45. The highest BCUT2D eigenvalue weighted by Gasteiger charge is 2.33. The van der Waals surface area contributed by atoms with Crippen LogP contribution in [0.4, 0.5) is 0 Å². The molecule has 1 aliphatic carbocycles. The average Bonchev–Trinajstić information content (AvgIpc) is 2.79. The number of nitrogens with one attached hydrogen (secondary N) is 1. The summed E-state index contributed by atoms with van der Waals surface area (Å²) in [5, 5.41) is 3.23. The maximum absolute atomic E-state index is 12.9. The first kappa shape index (κ1) is 21.4. The summed E-state index contributed by atoms with van der Waals surface area (Å²) in [4.78, 5) is 14.2. The first-order valence-corrected chi connectivity index (χ1v) is 13.2. The van der Waals surface area contributed by atoms with Crippen LogP contribution >= 0.6 is 11.8 Å². The molecule has 30 heavy (non-hydrogen) atoms. The number of amides is 1. The number of rotatable bonds is 5. The molecule has 2 aromatic rings. The molecule has 5 nitrogen and oxygen atoms in total. The van der Waals surface area contributed by atoms with Gasteiger partial charge in [0, 0.05) is 23.9 Å². The van der Waals surface area contributed by atoms with E-state index in [9.17, 15) is 13.2 Å². The summed E-state index contributed by atoms with van der Waals surface area (Å²) < 4.78 is 27.4. The van der Waals surface area contributed by atoms with Crippen LogP contribution in [0.25, 0.3) is 0 Å². The molecule has 4 rings (SSSR count). The van der Waals surface area contributed by atoms with E-state index in [1.54, 1.807) is 23.9 Å². The van der Waals surface area contributed by atoms with E-state index >= 15 is 0 Å². The third-order valence-electron chi connectivity index (χ3n) is 6.21. The molecule has 1 atom stereocenters. The molecule has 1 N–H and O–H groups in total. The van der Waals surface area contributed by atoms with Gasteiger partial charge in [0.2, 0.25) is 15.9 Å². The van der Waals surface area contributed by atoms with Crippen molar-refractivity contribution in [1.29, 1.82) is 0 Å². The lowest BCUT2D eigenvalue weighted by Crippen LogP contribution is -2.44. The number of thioether (sulfide) groups is 1. The number of benzene rings is 2. The van der Waals surface area contributed by atoms with Gasteiger partial charge in [-0.1, -0.05) is 24.3 Å². The fourth-order valence-corrected chi connectivity index (χ4v) is 6.33. The van der Waals surface area contributed by atoms with Crippen LogP contribution in [-0.2, 0) is 21.2 Å². The van der Waals surface area contributed by atoms with Gasteiger partial charge < -0.3 is 5.32 Å². The van der Waals surface area contributed by atoms with E-state index in [0.29, 0.717) is 30.8 Å². The summed E-state index contributed by atoms with van der Waals surface area (Å²) in [5.41, 5.74) is 2.55. The highest BCUT2D eigenvalue weighted by molar-refractivity contribution is 7.98. The number of aryl methyl sites for hydroxylation is 1. The highest BCUT2D eigenvalue weighted by Crippen LogP contribution is 2.31. The van der Waals surface area contributed by atoms with Gasteiger partial charge in [0.15, 0.2) is 0 Å². The molecule has 1 saturated heterocycles. The Labute approximate surface area is 183 Å². The summed E-state index contributed by atoms with van der Waals surface area (Å²) in [6.07, 6.45) is 6.18. The van der Waals surface area contributed by atoms with E-state index in [2.05, 4.69) is 17.4 Å². The normalized spacial score (nSPS) is 20.5. The van der Waals surface area contributed by atoms with E-state index in [0.717, 1.165) is 24.2 Å². The number of carbonyl (C=O) groups is 1. The molecule has 1 aliphatic heterocycles. The van der Waals surface area contributed by atoms with Crippen molar-refractivity contribution in [1.82, 2.24) is 9.62 Å². The van der Waals surface area contributed by atoms with Crippen LogP contribution < -0.4 is 5.32 Å². The Hall–Kier alpha value is -1.83. The van der Waals surface area contributed by atoms with Crippen molar-refractivity contribution in [3.63, 3.8) is 0 Å². The predicted molar refractivity (Wildman–Crippen MR) is 120 cm³/mol. The Balaban J connectivity index is 1.37. The molecule has 1 fully saturated rings. The molecular weight excluding hydrogens is 416 g/mol. The molecular formula is C23H28N2O3S2. The Morgan fingerprint density at radius 3 is 2.43 bits per heavy atom. The van der Waals surface area contributed by atoms with Crippen LogP contribution in [0.5, 0.6) is 0 Å². The van der Waals surface area contributed by atoms with Gasteiger partial charge in [-0.2, -0.15) is 4.31 Å². The number of fused-ring (bicyclic) bond motifs is 1. The third kappa shape index (κ3) is 4.43. The van der Waals surface area contributed by atoms with Crippen LogP contribution in [-0.4, -0.2) is 38.0 Å². The number of sulfonamides is 1. The van der Waals surface area contributed by atoms with Crippen molar-refractivity contribution in [3.05, 3.63) is 59.7 Å². The van der Waals surface area contributed by atoms with Gasteiger partial charge in [-0.3, -0.25) is 4.79 Å². The number of carbonyl (C=O) groups excluding carboxylic acids is 1. The van der Waals surface area contributed by atoms with Gasteiger partial charge in [-0.25, -0.2) is 8.42 Å². The molecule has 7 heteroatoms. The Bertz CT molecular complexity index is 997. The van der Waals surface area contributed by atoms with E-state index in [1.165, 1.54) is 15.4 Å². The molecule has 0 aromatic heterocycles. The molecule has 1 amide bonds. The SMILES string of the molecule is CSc1ccc(S(=O)(=O)N2CCC(C(=O)N[C@@H]3CCCc4ccccc43)CC2)cc1. The molecule has 1 heterocycles.